The third-order valence-electron chi connectivity index (χ3n) is 2.88. The quantitative estimate of drug-likeness (QED) is 0.764. The maximum atomic E-state index is 9.00. The first-order valence-corrected chi connectivity index (χ1v) is 5.70. The molecule has 1 aromatic heterocycles. The molecule has 2 rings (SSSR count). The van der Waals surface area contributed by atoms with E-state index in [0.29, 0.717) is 5.92 Å². The van der Waals surface area contributed by atoms with Gasteiger partial charge in [-0.3, -0.25) is 0 Å². The van der Waals surface area contributed by atoms with Gasteiger partial charge in [0.05, 0.1) is 11.6 Å². The van der Waals surface area contributed by atoms with Crippen LogP contribution in [0.2, 0.25) is 0 Å². The largest absolute Gasteiger partial charge is 0.347 e. The van der Waals surface area contributed by atoms with Gasteiger partial charge in [0.15, 0.2) is 0 Å². The van der Waals surface area contributed by atoms with Gasteiger partial charge in [0.25, 0.3) is 0 Å². The van der Waals surface area contributed by atoms with Crippen molar-refractivity contribution in [1.29, 1.82) is 5.26 Å². The Morgan fingerprint density at radius 1 is 1.31 bits per heavy atom. The van der Waals surface area contributed by atoms with E-state index in [1.807, 2.05) is 18.2 Å². The average Bonchev–Trinajstić information content (AvgIpc) is 2.69. The third-order valence-corrected chi connectivity index (χ3v) is 2.88. The zero-order valence-corrected chi connectivity index (χ0v) is 9.77. The van der Waals surface area contributed by atoms with E-state index >= 15 is 0 Å². The molecule has 0 N–H and O–H groups in total. The SMILES string of the molecule is CC(C)CCn1ccc2c(C#N)cccc21. The molecule has 2 heteroatoms. The summed E-state index contributed by atoms with van der Waals surface area (Å²) >= 11 is 0. The van der Waals surface area contributed by atoms with Gasteiger partial charge in [-0.25, -0.2) is 0 Å². The molecule has 0 bridgehead atoms. The summed E-state index contributed by atoms with van der Waals surface area (Å²) < 4.78 is 2.23. The van der Waals surface area contributed by atoms with Crippen LogP contribution in [0, 0.1) is 17.2 Å². The van der Waals surface area contributed by atoms with Gasteiger partial charge < -0.3 is 4.57 Å². The minimum absolute atomic E-state index is 0.705. The van der Waals surface area contributed by atoms with Crippen molar-refractivity contribution in [2.45, 2.75) is 26.8 Å². The lowest BCUT2D eigenvalue weighted by atomic mass is 10.1. The van der Waals surface area contributed by atoms with Gasteiger partial charge in [0.2, 0.25) is 0 Å². The van der Waals surface area contributed by atoms with E-state index in [-0.39, 0.29) is 0 Å². The van der Waals surface area contributed by atoms with Crippen LogP contribution in [0.5, 0.6) is 0 Å². The van der Waals surface area contributed by atoms with Crippen LogP contribution < -0.4 is 0 Å². The molecule has 0 aliphatic rings. The lowest BCUT2D eigenvalue weighted by Crippen LogP contribution is -1.99. The first-order valence-electron chi connectivity index (χ1n) is 5.70. The Hall–Kier alpha value is -1.75. The molecule has 2 aromatic rings. The molecule has 0 saturated carbocycles. The highest BCUT2D eigenvalue weighted by molar-refractivity contribution is 5.85. The summed E-state index contributed by atoms with van der Waals surface area (Å²) in [4.78, 5) is 0. The normalized spacial score (nSPS) is 10.9. The molecule has 0 fully saturated rings. The smallest absolute Gasteiger partial charge is 0.0998 e. The van der Waals surface area contributed by atoms with Crippen molar-refractivity contribution in [2.75, 3.05) is 0 Å². The first kappa shape index (κ1) is 10.8. The van der Waals surface area contributed by atoms with E-state index < -0.39 is 0 Å². The van der Waals surface area contributed by atoms with Gasteiger partial charge in [-0.15, -0.1) is 0 Å². The topological polar surface area (TPSA) is 28.7 Å². The molecule has 0 radical (unpaired) electrons. The summed E-state index contributed by atoms with van der Waals surface area (Å²) in [6, 6.07) is 10.2. The van der Waals surface area contributed by atoms with Gasteiger partial charge in [0, 0.05) is 23.6 Å². The number of nitriles is 1. The number of aromatic nitrogens is 1. The van der Waals surface area contributed by atoms with Crippen LogP contribution in [-0.4, -0.2) is 4.57 Å². The van der Waals surface area contributed by atoms with E-state index in [1.54, 1.807) is 0 Å². The van der Waals surface area contributed by atoms with Crippen molar-refractivity contribution in [3.63, 3.8) is 0 Å². The van der Waals surface area contributed by atoms with Gasteiger partial charge in [-0.05, 0) is 30.5 Å². The van der Waals surface area contributed by atoms with Crippen molar-refractivity contribution in [3.05, 3.63) is 36.0 Å². The fourth-order valence-electron chi connectivity index (χ4n) is 1.91. The lowest BCUT2D eigenvalue weighted by molar-refractivity contribution is 0.524. The predicted molar refractivity (Wildman–Crippen MR) is 66.1 cm³/mol. The molecule has 0 atom stereocenters. The standard InChI is InChI=1S/C14H16N2/c1-11(2)6-8-16-9-7-13-12(10-15)4-3-5-14(13)16/h3-5,7,9,11H,6,8H2,1-2H3. The third kappa shape index (κ3) is 1.94. The maximum absolute atomic E-state index is 9.00. The Balaban J connectivity index is 2.38. The Bertz CT molecular complexity index is 529. The van der Waals surface area contributed by atoms with E-state index in [2.05, 4.69) is 36.7 Å². The minimum atomic E-state index is 0.705. The molecule has 1 aromatic carbocycles. The van der Waals surface area contributed by atoms with Crippen LogP contribution in [0.3, 0.4) is 0 Å². The molecular weight excluding hydrogens is 196 g/mol. The maximum Gasteiger partial charge on any atom is 0.0998 e. The first-order chi connectivity index (χ1) is 7.72. The summed E-state index contributed by atoms with van der Waals surface area (Å²) in [5.74, 6) is 0.705. The van der Waals surface area contributed by atoms with Crippen LogP contribution in [-0.2, 0) is 6.54 Å². The van der Waals surface area contributed by atoms with Crippen LogP contribution in [0.4, 0.5) is 0 Å². The van der Waals surface area contributed by atoms with Crippen LogP contribution in [0.1, 0.15) is 25.8 Å². The number of nitrogens with zero attached hydrogens (tertiary/aromatic N) is 2. The average molecular weight is 212 g/mol. The van der Waals surface area contributed by atoms with Crippen molar-refractivity contribution < 1.29 is 0 Å². The number of fused-ring (bicyclic) bond motifs is 1. The second-order valence-corrected chi connectivity index (χ2v) is 4.54. The molecule has 0 unspecified atom stereocenters. The molecule has 82 valence electrons. The number of benzene rings is 1. The molecule has 1 heterocycles. The summed E-state index contributed by atoms with van der Waals surface area (Å²) in [7, 11) is 0. The number of hydrogen-bond donors (Lipinski definition) is 0. The Morgan fingerprint density at radius 3 is 2.81 bits per heavy atom. The van der Waals surface area contributed by atoms with E-state index in [4.69, 9.17) is 5.26 Å². The van der Waals surface area contributed by atoms with Gasteiger partial charge in [-0.1, -0.05) is 19.9 Å². The highest BCUT2D eigenvalue weighted by Gasteiger charge is 2.05. The Labute approximate surface area is 96.1 Å². The fraction of sp³-hybridized carbons (Fsp3) is 0.357. The second-order valence-electron chi connectivity index (χ2n) is 4.54. The molecule has 16 heavy (non-hydrogen) atoms. The molecule has 0 amide bonds. The van der Waals surface area contributed by atoms with Crippen LogP contribution in [0.25, 0.3) is 10.9 Å². The summed E-state index contributed by atoms with van der Waals surface area (Å²) in [6.45, 7) is 5.48. The number of rotatable bonds is 3. The fourth-order valence-corrected chi connectivity index (χ4v) is 1.91. The minimum Gasteiger partial charge on any atom is -0.347 e. The van der Waals surface area contributed by atoms with E-state index in [1.165, 1.54) is 11.9 Å². The van der Waals surface area contributed by atoms with Crippen molar-refractivity contribution in [1.82, 2.24) is 4.57 Å². The summed E-state index contributed by atoms with van der Waals surface area (Å²) in [6.07, 6.45) is 3.24. The monoisotopic (exact) mass is 212 g/mol. The van der Waals surface area contributed by atoms with E-state index in [9.17, 15) is 0 Å². The lowest BCUT2D eigenvalue weighted by Gasteiger charge is -2.07. The summed E-state index contributed by atoms with van der Waals surface area (Å²) in [5.41, 5.74) is 1.93. The molecule has 0 aliphatic carbocycles. The zero-order chi connectivity index (χ0) is 11.5. The highest BCUT2D eigenvalue weighted by Crippen LogP contribution is 2.20. The molecule has 0 aliphatic heterocycles. The van der Waals surface area contributed by atoms with Gasteiger partial charge >= 0.3 is 0 Å². The highest BCUT2D eigenvalue weighted by atomic mass is 14.9. The molecule has 0 spiro atoms. The van der Waals surface area contributed by atoms with Gasteiger partial charge in [0.1, 0.15) is 0 Å². The van der Waals surface area contributed by atoms with Gasteiger partial charge in [-0.2, -0.15) is 5.26 Å². The van der Waals surface area contributed by atoms with Crippen molar-refractivity contribution in [2.24, 2.45) is 5.92 Å². The molecule has 2 nitrogen and oxygen atoms in total. The van der Waals surface area contributed by atoms with Crippen LogP contribution >= 0.6 is 0 Å². The van der Waals surface area contributed by atoms with Crippen molar-refractivity contribution >= 4 is 10.9 Å². The molecule has 0 saturated heterocycles. The second kappa shape index (κ2) is 4.40. The Kier molecular flexibility index (Phi) is 2.96. The van der Waals surface area contributed by atoms with E-state index in [0.717, 1.165) is 17.5 Å². The van der Waals surface area contributed by atoms with Crippen molar-refractivity contribution in [3.8, 4) is 6.07 Å². The summed E-state index contributed by atoms with van der Waals surface area (Å²) in [5, 5.41) is 10.1. The molecular formula is C14H16N2. The zero-order valence-electron chi connectivity index (χ0n) is 9.77. The number of aryl methyl sites for hydroxylation is 1. The van der Waals surface area contributed by atoms with Crippen LogP contribution in [0.15, 0.2) is 30.5 Å². The Morgan fingerprint density at radius 2 is 2.12 bits per heavy atom. The number of hydrogen-bond acceptors (Lipinski definition) is 1. The predicted octanol–water partition coefficient (Wildman–Crippen LogP) is 3.56.